The number of aromatic nitrogens is 1. The van der Waals surface area contributed by atoms with E-state index >= 15 is 0 Å². The van der Waals surface area contributed by atoms with Crippen molar-refractivity contribution in [2.45, 2.75) is 23.7 Å². The smallest absolute Gasteiger partial charge is 0.298 e. The molecule has 4 rings (SSSR count). The number of carbonyl (C=O) groups is 1. The zero-order valence-corrected chi connectivity index (χ0v) is 16.9. The minimum Gasteiger partial charge on any atom is -0.494 e. The summed E-state index contributed by atoms with van der Waals surface area (Å²) in [5.41, 5.74) is 1.88. The molecule has 1 fully saturated rings. The zero-order chi connectivity index (χ0) is 20.2. The van der Waals surface area contributed by atoms with Crippen molar-refractivity contribution in [2.24, 2.45) is 0 Å². The van der Waals surface area contributed by atoms with E-state index in [9.17, 15) is 9.90 Å². The van der Waals surface area contributed by atoms with Crippen molar-refractivity contribution < 1.29 is 19.1 Å². The molecule has 0 aliphatic carbocycles. The maximum atomic E-state index is 11.7. The number of para-hydroxylation sites is 2. The summed E-state index contributed by atoms with van der Waals surface area (Å²) in [5, 5.41) is 11.7. The molecule has 0 radical (unpaired) electrons. The van der Waals surface area contributed by atoms with Gasteiger partial charge in [-0.15, -0.1) is 0 Å². The normalized spacial score (nSPS) is 18.8. The first-order chi connectivity index (χ1) is 14.1. The molecule has 2 atom stereocenters. The van der Waals surface area contributed by atoms with E-state index in [2.05, 4.69) is 10.3 Å². The molecule has 2 N–H and O–H groups in total. The predicted octanol–water partition coefficient (Wildman–Crippen LogP) is 2.78. The number of fused-ring (bicyclic) bond motifs is 1. The first kappa shape index (κ1) is 19.6. The summed E-state index contributed by atoms with van der Waals surface area (Å²) in [6.45, 7) is 1.35. The summed E-state index contributed by atoms with van der Waals surface area (Å²) < 4.78 is 11.6. The largest absolute Gasteiger partial charge is 0.494 e. The molecule has 29 heavy (non-hydrogen) atoms. The van der Waals surface area contributed by atoms with Gasteiger partial charge in [0.2, 0.25) is 5.91 Å². The maximum absolute atomic E-state index is 11.7. The quantitative estimate of drug-likeness (QED) is 0.549. The topological polar surface area (TPSA) is 87.8 Å². The standard InChI is InChI=1S/C21H23N3O4S/c1-24(20-22-16-5-2-3-6-17(16)28-20)11-4-12-27-15-9-7-14(8-10-15)13-18-19(25)23-21(26)29-18/h2-3,5-10,18,21,26H,4,11-13H2,1H3,(H,23,25). The highest BCUT2D eigenvalue weighted by Gasteiger charge is 2.31. The van der Waals surface area contributed by atoms with Crippen molar-refractivity contribution in [3.8, 4) is 5.75 Å². The summed E-state index contributed by atoms with van der Waals surface area (Å²) in [7, 11) is 1.95. The molecule has 8 heteroatoms. The monoisotopic (exact) mass is 413 g/mol. The Morgan fingerprint density at radius 1 is 1.24 bits per heavy atom. The van der Waals surface area contributed by atoms with Gasteiger partial charge in [-0.3, -0.25) is 4.79 Å². The molecule has 1 saturated heterocycles. The molecule has 1 amide bonds. The number of aliphatic hydroxyl groups excluding tert-OH is 1. The minimum atomic E-state index is -0.803. The number of ether oxygens (including phenoxy) is 1. The van der Waals surface area contributed by atoms with Gasteiger partial charge in [0.05, 0.1) is 11.9 Å². The van der Waals surface area contributed by atoms with Gasteiger partial charge in [-0.05, 0) is 42.7 Å². The lowest BCUT2D eigenvalue weighted by atomic mass is 10.1. The second-order valence-electron chi connectivity index (χ2n) is 6.92. The van der Waals surface area contributed by atoms with Crippen LogP contribution in [0.5, 0.6) is 5.75 Å². The van der Waals surface area contributed by atoms with Crippen molar-refractivity contribution in [1.29, 1.82) is 0 Å². The Hall–Kier alpha value is -2.71. The lowest BCUT2D eigenvalue weighted by Gasteiger charge is -2.14. The number of carbonyl (C=O) groups excluding carboxylic acids is 1. The van der Waals surface area contributed by atoms with Crippen LogP contribution in [-0.2, 0) is 11.2 Å². The predicted molar refractivity (Wildman–Crippen MR) is 113 cm³/mol. The van der Waals surface area contributed by atoms with Gasteiger partial charge < -0.3 is 24.5 Å². The van der Waals surface area contributed by atoms with Gasteiger partial charge in [0.15, 0.2) is 11.1 Å². The van der Waals surface area contributed by atoms with E-state index in [4.69, 9.17) is 9.15 Å². The summed E-state index contributed by atoms with van der Waals surface area (Å²) in [6, 6.07) is 16.1. The molecule has 3 aromatic rings. The summed E-state index contributed by atoms with van der Waals surface area (Å²) in [5.74, 6) is 0.674. The highest BCUT2D eigenvalue weighted by atomic mass is 32.2. The number of benzene rings is 2. The van der Waals surface area contributed by atoms with Crippen LogP contribution >= 0.6 is 11.8 Å². The van der Waals surface area contributed by atoms with Gasteiger partial charge in [0, 0.05) is 13.6 Å². The van der Waals surface area contributed by atoms with Gasteiger partial charge in [-0.25, -0.2) is 0 Å². The van der Waals surface area contributed by atoms with E-state index in [0.29, 0.717) is 19.0 Å². The molecular formula is C21H23N3O4S. The fourth-order valence-electron chi connectivity index (χ4n) is 3.15. The van der Waals surface area contributed by atoms with Gasteiger partial charge in [-0.2, -0.15) is 4.98 Å². The first-order valence-electron chi connectivity index (χ1n) is 9.51. The summed E-state index contributed by atoms with van der Waals surface area (Å²) in [4.78, 5) is 18.2. The van der Waals surface area contributed by atoms with E-state index in [0.717, 1.165) is 35.4 Å². The SMILES string of the molecule is CN(CCCOc1ccc(CC2SC(O)NC2=O)cc1)c1nc2ccccc2o1. The Morgan fingerprint density at radius 2 is 2.03 bits per heavy atom. The lowest BCUT2D eigenvalue weighted by molar-refractivity contribution is -0.121. The van der Waals surface area contributed by atoms with Crippen LogP contribution in [0.25, 0.3) is 11.1 Å². The number of hydrogen-bond acceptors (Lipinski definition) is 7. The number of anilines is 1. The maximum Gasteiger partial charge on any atom is 0.298 e. The van der Waals surface area contributed by atoms with Gasteiger partial charge in [0.1, 0.15) is 11.3 Å². The molecule has 0 spiro atoms. The van der Waals surface area contributed by atoms with Gasteiger partial charge in [0.25, 0.3) is 6.01 Å². The van der Waals surface area contributed by atoms with Crippen LogP contribution in [-0.4, -0.2) is 47.0 Å². The van der Waals surface area contributed by atoms with Crippen molar-refractivity contribution in [1.82, 2.24) is 10.3 Å². The fourth-order valence-corrected chi connectivity index (χ4v) is 4.13. The molecule has 2 heterocycles. The zero-order valence-electron chi connectivity index (χ0n) is 16.1. The van der Waals surface area contributed by atoms with Crippen molar-refractivity contribution in [3.05, 3.63) is 54.1 Å². The van der Waals surface area contributed by atoms with Gasteiger partial charge in [-0.1, -0.05) is 36.0 Å². The number of hydrogen-bond donors (Lipinski definition) is 2. The van der Waals surface area contributed by atoms with Crippen LogP contribution in [0.3, 0.4) is 0 Å². The number of aliphatic hydroxyl groups is 1. The van der Waals surface area contributed by atoms with E-state index in [1.54, 1.807) is 0 Å². The van der Waals surface area contributed by atoms with Crippen LogP contribution in [0, 0.1) is 0 Å². The number of oxazole rings is 1. The number of nitrogens with one attached hydrogen (secondary N) is 1. The van der Waals surface area contributed by atoms with E-state index in [-0.39, 0.29) is 11.2 Å². The lowest BCUT2D eigenvalue weighted by Crippen LogP contribution is -2.27. The molecule has 1 aliphatic rings. The Bertz CT molecular complexity index is 942. The molecular weight excluding hydrogens is 390 g/mol. The summed E-state index contributed by atoms with van der Waals surface area (Å²) >= 11 is 1.24. The highest BCUT2D eigenvalue weighted by Crippen LogP contribution is 2.26. The number of amides is 1. The average Bonchev–Trinajstić information content (AvgIpc) is 3.29. The van der Waals surface area contributed by atoms with Crippen molar-refractivity contribution in [3.63, 3.8) is 0 Å². The third-order valence-corrected chi connectivity index (χ3v) is 5.80. The van der Waals surface area contributed by atoms with Crippen LogP contribution in [0.4, 0.5) is 6.01 Å². The Labute approximate surface area is 173 Å². The molecule has 1 aliphatic heterocycles. The van der Waals surface area contributed by atoms with Crippen LogP contribution in [0.2, 0.25) is 0 Å². The molecule has 7 nitrogen and oxygen atoms in total. The Kier molecular flexibility index (Phi) is 5.92. The number of nitrogens with zero attached hydrogens (tertiary/aromatic N) is 2. The average molecular weight is 413 g/mol. The Morgan fingerprint density at radius 3 is 2.76 bits per heavy atom. The molecule has 152 valence electrons. The number of rotatable bonds is 8. The highest BCUT2D eigenvalue weighted by molar-refractivity contribution is 8.01. The Balaban J connectivity index is 1.21. The third kappa shape index (κ3) is 4.83. The van der Waals surface area contributed by atoms with E-state index in [1.165, 1.54) is 11.8 Å². The summed E-state index contributed by atoms with van der Waals surface area (Å²) in [6.07, 6.45) is 1.41. The molecule has 0 bridgehead atoms. The van der Waals surface area contributed by atoms with Gasteiger partial charge >= 0.3 is 0 Å². The van der Waals surface area contributed by atoms with E-state index < -0.39 is 5.56 Å². The van der Waals surface area contributed by atoms with Crippen LogP contribution < -0.4 is 15.0 Å². The van der Waals surface area contributed by atoms with Crippen LogP contribution in [0.15, 0.2) is 52.9 Å². The molecule has 0 saturated carbocycles. The van der Waals surface area contributed by atoms with Crippen molar-refractivity contribution >= 4 is 34.8 Å². The molecule has 2 unspecified atom stereocenters. The second kappa shape index (κ2) is 8.75. The fraction of sp³-hybridized carbons (Fsp3) is 0.333. The van der Waals surface area contributed by atoms with Crippen LogP contribution in [0.1, 0.15) is 12.0 Å². The van der Waals surface area contributed by atoms with Crippen molar-refractivity contribution in [2.75, 3.05) is 25.1 Å². The number of thioether (sulfide) groups is 1. The minimum absolute atomic E-state index is 0.120. The second-order valence-corrected chi connectivity index (χ2v) is 8.21. The molecule has 2 aromatic carbocycles. The first-order valence-corrected chi connectivity index (χ1v) is 10.4. The van der Waals surface area contributed by atoms with E-state index in [1.807, 2.05) is 60.5 Å². The molecule has 1 aromatic heterocycles. The third-order valence-electron chi connectivity index (χ3n) is 4.71.